The molecule has 1 aliphatic heterocycles. The zero-order valence-electron chi connectivity index (χ0n) is 20.7. The van der Waals surface area contributed by atoms with Gasteiger partial charge in [-0.3, -0.25) is 0 Å². The van der Waals surface area contributed by atoms with E-state index in [0.29, 0.717) is 0 Å². The Kier molecular flexibility index (Phi) is 4.08. The summed E-state index contributed by atoms with van der Waals surface area (Å²) in [5.74, 6) is 1.50. The van der Waals surface area contributed by atoms with E-state index in [9.17, 15) is 0 Å². The molecule has 0 amide bonds. The summed E-state index contributed by atoms with van der Waals surface area (Å²) in [6.45, 7) is -0.298. The number of para-hydroxylation sites is 3. The third kappa shape index (κ3) is 2.77. The monoisotopic (exact) mass is 502 g/mol. The number of hydrogen-bond donors (Lipinski definition) is 0. The highest BCUT2D eigenvalue weighted by atomic mass is 16.4. The lowest BCUT2D eigenvalue weighted by atomic mass is 9.49. The van der Waals surface area contributed by atoms with Gasteiger partial charge in [-0.1, -0.05) is 78.9 Å². The van der Waals surface area contributed by atoms with Crippen LogP contribution in [-0.2, 0) is 0 Å². The van der Waals surface area contributed by atoms with Crippen molar-refractivity contribution in [3.05, 3.63) is 115 Å². The maximum absolute atomic E-state index is 6.67. The van der Waals surface area contributed by atoms with Crippen LogP contribution in [0.5, 0.6) is 0 Å². The second-order valence-corrected chi connectivity index (χ2v) is 9.91. The van der Waals surface area contributed by atoms with Crippen LogP contribution in [0.1, 0.15) is 0 Å². The third-order valence-corrected chi connectivity index (χ3v) is 7.78. The highest BCUT2D eigenvalue weighted by molar-refractivity contribution is 6.90. The maximum Gasteiger partial charge on any atom is 0.372 e. The van der Waals surface area contributed by atoms with Gasteiger partial charge >= 0.3 is 6.85 Å². The Balaban J connectivity index is 1.46. The quantitative estimate of drug-likeness (QED) is 0.231. The summed E-state index contributed by atoms with van der Waals surface area (Å²) < 4.78 is 19.8. The molecular formula is C33H19BN2O3. The molecule has 0 fully saturated rings. The molecule has 6 heteroatoms. The van der Waals surface area contributed by atoms with Crippen LogP contribution in [0.25, 0.3) is 55.2 Å². The first-order valence-electron chi connectivity index (χ1n) is 13.0. The van der Waals surface area contributed by atoms with Gasteiger partial charge in [0.1, 0.15) is 22.4 Å². The molecule has 0 spiro atoms. The van der Waals surface area contributed by atoms with Gasteiger partial charge in [-0.25, -0.2) is 4.98 Å². The van der Waals surface area contributed by atoms with Crippen molar-refractivity contribution in [2.24, 2.45) is 0 Å². The van der Waals surface area contributed by atoms with E-state index in [1.54, 1.807) is 0 Å². The molecule has 0 saturated heterocycles. The lowest BCUT2D eigenvalue weighted by Gasteiger charge is -2.33. The van der Waals surface area contributed by atoms with Crippen molar-refractivity contribution in [3.63, 3.8) is 0 Å². The van der Waals surface area contributed by atoms with Crippen LogP contribution >= 0.6 is 0 Å². The average molecular weight is 502 g/mol. The summed E-state index contributed by atoms with van der Waals surface area (Å²) in [4.78, 5) is 7.20. The van der Waals surface area contributed by atoms with Gasteiger partial charge in [0, 0.05) is 27.7 Å². The van der Waals surface area contributed by atoms with Crippen molar-refractivity contribution < 1.29 is 13.3 Å². The van der Waals surface area contributed by atoms with E-state index < -0.39 is 0 Å². The topological polar surface area (TPSA) is 55.6 Å². The van der Waals surface area contributed by atoms with E-state index in [0.717, 1.165) is 77.8 Å². The van der Waals surface area contributed by atoms with Crippen LogP contribution in [0.4, 0.5) is 11.5 Å². The highest BCUT2D eigenvalue weighted by Crippen LogP contribution is 2.49. The van der Waals surface area contributed by atoms with Crippen molar-refractivity contribution in [2.45, 2.75) is 0 Å². The lowest BCUT2D eigenvalue weighted by Crippen LogP contribution is -2.57. The number of benzene rings is 4. The normalized spacial score (nSPS) is 13.0. The second kappa shape index (κ2) is 7.65. The van der Waals surface area contributed by atoms with Crippen LogP contribution < -0.4 is 15.9 Å². The first-order valence-corrected chi connectivity index (χ1v) is 13.0. The summed E-state index contributed by atoms with van der Waals surface area (Å²) in [6, 6.07) is 36.9. The zero-order chi connectivity index (χ0) is 25.5. The van der Waals surface area contributed by atoms with E-state index in [1.165, 1.54) is 0 Å². The molecule has 1 aliphatic rings. The van der Waals surface area contributed by atoms with Gasteiger partial charge in [0.05, 0.1) is 11.3 Å². The molecule has 4 aromatic heterocycles. The first kappa shape index (κ1) is 20.8. The number of nitrogens with zero attached hydrogens (tertiary/aromatic N) is 2. The predicted molar refractivity (Wildman–Crippen MR) is 157 cm³/mol. The van der Waals surface area contributed by atoms with Gasteiger partial charge in [0.2, 0.25) is 0 Å². The van der Waals surface area contributed by atoms with E-state index in [4.69, 9.17) is 18.2 Å². The molecule has 182 valence electrons. The minimum atomic E-state index is -0.298. The van der Waals surface area contributed by atoms with Crippen LogP contribution in [0.3, 0.4) is 0 Å². The van der Waals surface area contributed by atoms with Gasteiger partial charge in [-0.2, -0.15) is 0 Å². The minimum Gasteiger partial charge on any atom is -0.467 e. The van der Waals surface area contributed by atoms with Crippen molar-refractivity contribution >= 4 is 73.4 Å². The van der Waals surface area contributed by atoms with Gasteiger partial charge < -0.3 is 18.1 Å². The number of fused-ring (bicyclic) bond motifs is 10. The Hall–Kier alpha value is -5.23. The highest BCUT2D eigenvalue weighted by Gasteiger charge is 2.45. The Bertz CT molecular complexity index is 2210. The second-order valence-electron chi connectivity index (χ2n) is 9.91. The van der Waals surface area contributed by atoms with Gasteiger partial charge in [-0.05, 0) is 35.8 Å². The van der Waals surface area contributed by atoms with Crippen LogP contribution in [0, 0.1) is 0 Å². The molecule has 0 aliphatic carbocycles. The SMILES string of the molecule is c1ccc(B2c3oc4ccccc4c3-c3oc4ccccc4c3N2c2nccc3c2oc2ccccc23)cc1. The van der Waals surface area contributed by atoms with Crippen molar-refractivity contribution in [2.75, 3.05) is 4.81 Å². The minimum absolute atomic E-state index is 0.298. The molecule has 39 heavy (non-hydrogen) atoms. The molecule has 5 heterocycles. The first-order chi connectivity index (χ1) is 19.4. The molecule has 8 aromatic rings. The number of anilines is 2. The summed E-state index contributed by atoms with van der Waals surface area (Å²) in [5.41, 5.74) is 7.05. The van der Waals surface area contributed by atoms with Gasteiger partial charge in [0.15, 0.2) is 17.2 Å². The molecule has 4 aromatic carbocycles. The summed E-state index contributed by atoms with van der Waals surface area (Å²) >= 11 is 0. The van der Waals surface area contributed by atoms with Crippen LogP contribution in [0.15, 0.2) is 129 Å². The van der Waals surface area contributed by atoms with E-state index >= 15 is 0 Å². The maximum atomic E-state index is 6.67. The van der Waals surface area contributed by atoms with Gasteiger partial charge in [-0.15, -0.1) is 0 Å². The number of hydrogen-bond acceptors (Lipinski definition) is 5. The third-order valence-electron chi connectivity index (χ3n) is 7.78. The molecule has 0 bridgehead atoms. The van der Waals surface area contributed by atoms with E-state index in [1.807, 2.05) is 72.9 Å². The van der Waals surface area contributed by atoms with Crippen LogP contribution in [0.2, 0.25) is 0 Å². The zero-order valence-corrected chi connectivity index (χ0v) is 20.7. The molecule has 5 nitrogen and oxygen atoms in total. The molecule has 0 saturated carbocycles. The molecule has 9 rings (SSSR count). The van der Waals surface area contributed by atoms with Crippen molar-refractivity contribution in [1.82, 2.24) is 4.98 Å². The average Bonchev–Trinajstić information content (AvgIpc) is 3.68. The summed E-state index contributed by atoms with van der Waals surface area (Å²) in [6.07, 6.45) is 1.86. The Morgan fingerprint density at radius 2 is 1.21 bits per heavy atom. The van der Waals surface area contributed by atoms with Crippen molar-refractivity contribution in [1.29, 1.82) is 0 Å². The molecule has 0 atom stereocenters. The standard InChI is InChI=1S/C33H19BN2O3/c1-2-10-20(11-3-1)34-32-28(23-13-5-8-16-26(23)39-32)31-29(24-14-6-9-17-27(24)38-31)36(34)33-30-22(18-19-35-33)21-12-4-7-15-25(21)37-30/h1-19H. The Labute approximate surface area is 223 Å². The molecule has 0 N–H and O–H groups in total. The van der Waals surface area contributed by atoms with Crippen molar-refractivity contribution in [3.8, 4) is 11.3 Å². The largest absolute Gasteiger partial charge is 0.467 e. The molecular weight excluding hydrogens is 483 g/mol. The number of furan rings is 3. The number of aromatic nitrogens is 1. The smallest absolute Gasteiger partial charge is 0.372 e. The fourth-order valence-corrected chi connectivity index (χ4v) is 6.15. The fourth-order valence-electron chi connectivity index (χ4n) is 6.15. The van der Waals surface area contributed by atoms with E-state index in [-0.39, 0.29) is 6.85 Å². The number of pyridine rings is 1. The van der Waals surface area contributed by atoms with Gasteiger partial charge in [0.25, 0.3) is 0 Å². The predicted octanol–water partition coefficient (Wildman–Crippen LogP) is 7.40. The Morgan fingerprint density at radius 3 is 2.00 bits per heavy atom. The molecule has 0 radical (unpaired) electrons. The summed E-state index contributed by atoms with van der Waals surface area (Å²) in [7, 11) is 0. The van der Waals surface area contributed by atoms with E-state index in [2.05, 4.69) is 47.3 Å². The lowest BCUT2D eigenvalue weighted by molar-refractivity contribution is 0.623. The Morgan fingerprint density at radius 1 is 0.564 bits per heavy atom. The fraction of sp³-hybridized carbons (Fsp3) is 0. The summed E-state index contributed by atoms with van der Waals surface area (Å²) in [5, 5.41) is 4.13. The molecule has 0 unspecified atom stereocenters. The number of rotatable bonds is 2. The van der Waals surface area contributed by atoms with Crippen LogP contribution in [-0.4, -0.2) is 11.8 Å².